The zero-order valence-corrected chi connectivity index (χ0v) is 17.1. The molecule has 0 radical (unpaired) electrons. The van der Waals surface area contributed by atoms with E-state index in [0.717, 1.165) is 21.7 Å². The standard InChI is InChI=1S/C20H21ClN2O3S/c1-4-9-22-18-16(14-10-20(2,3)26-11-15(14)27-18)17(24)23(19(22)25)13-7-5-12(21)6-8-13/h5-8H,4,9-11H2,1-3H3. The number of benzene rings is 1. The first kappa shape index (κ1) is 18.5. The van der Waals surface area contributed by atoms with Gasteiger partial charge in [-0.15, -0.1) is 11.3 Å². The van der Waals surface area contributed by atoms with E-state index < -0.39 is 0 Å². The second kappa shape index (κ2) is 6.62. The molecule has 3 heterocycles. The Balaban J connectivity index is 2.09. The van der Waals surface area contributed by atoms with Gasteiger partial charge >= 0.3 is 5.69 Å². The molecule has 142 valence electrons. The molecule has 0 aliphatic carbocycles. The fourth-order valence-electron chi connectivity index (χ4n) is 3.59. The number of thiophene rings is 1. The van der Waals surface area contributed by atoms with Crippen molar-refractivity contribution >= 4 is 33.2 Å². The van der Waals surface area contributed by atoms with Gasteiger partial charge in [0.2, 0.25) is 0 Å². The number of aryl methyl sites for hydroxylation is 1. The quantitative estimate of drug-likeness (QED) is 0.659. The highest BCUT2D eigenvalue weighted by Crippen LogP contribution is 2.37. The number of nitrogens with zero attached hydrogens (tertiary/aromatic N) is 2. The smallest absolute Gasteiger partial charge is 0.336 e. The zero-order chi connectivity index (χ0) is 19.3. The fourth-order valence-corrected chi connectivity index (χ4v) is 4.96. The van der Waals surface area contributed by atoms with Crippen LogP contribution in [0.15, 0.2) is 33.9 Å². The normalized spacial score (nSPS) is 15.9. The van der Waals surface area contributed by atoms with E-state index in [4.69, 9.17) is 16.3 Å². The number of halogens is 1. The number of ether oxygens (including phenoxy) is 1. The van der Waals surface area contributed by atoms with Crippen molar-refractivity contribution in [3.63, 3.8) is 0 Å². The number of fused-ring (bicyclic) bond motifs is 3. The maximum Gasteiger partial charge on any atom is 0.336 e. The second-order valence-corrected chi connectivity index (χ2v) is 8.98. The molecule has 0 saturated heterocycles. The Labute approximate surface area is 165 Å². The van der Waals surface area contributed by atoms with Gasteiger partial charge in [-0.05, 0) is 50.1 Å². The summed E-state index contributed by atoms with van der Waals surface area (Å²) in [5, 5.41) is 1.21. The highest BCUT2D eigenvalue weighted by atomic mass is 35.5. The lowest BCUT2D eigenvalue weighted by atomic mass is 9.94. The van der Waals surface area contributed by atoms with Crippen molar-refractivity contribution in [3.8, 4) is 5.69 Å². The molecule has 0 saturated carbocycles. The maximum absolute atomic E-state index is 13.4. The van der Waals surface area contributed by atoms with Crippen LogP contribution >= 0.6 is 22.9 Å². The van der Waals surface area contributed by atoms with Crippen molar-refractivity contribution in [1.29, 1.82) is 0 Å². The minimum Gasteiger partial charge on any atom is -0.370 e. The van der Waals surface area contributed by atoms with Gasteiger partial charge in [0, 0.05) is 22.9 Å². The first-order valence-corrected chi connectivity index (χ1v) is 10.2. The lowest BCUT2D eigenvalue weighted by molar-refractivity contribution is -0.0379. The number of aromatic nitrogens is 2. The predicted molar refractivity (Wildman–Crippen MR) is 110 cm³/mol. The molecule has 1 aromatic carbocycles. The van der Waals surface area contributed by atoms with E-state index >= 15 is 0 Å². The van der Waals surface area contributed by atoms with Crippen LogP contribution in [-0.4, -0.2) is 14.7 Å². The third kappa shape index (κ3) is 3.06. The third-order valence-electron chi connectivity index (χ3n) is 4.88. The maximum atomic E-state index is 13.4. The highest BCUT2D eigenvalue weighted by molar-refractivity contribution is 7.18. The SMILES string of the molecule is CCCn1c(=O)n(-c2ccc(Cl)cc2)c(=O)c2c3c(sc21)COC(C)(C)C3. The van der Waals surface area contributed by atoms with Crippen molar-refractivity contribution in [2.75, 3.05) is 0 Å². The largest absolute Gasteiger partial charge is 0.370 e. The van der Waals surface area contributed by atoms with Gasteiger partial charge in [0.1, 0.15) is 4.83 Å². The van der Waals surface area contributed by atoms with Crippen LogP contribution in [0.4, 0.5) is 0 Å². The van der Waals surface area contributed by atoms with Crippen LogP contribution in [0.2, 0.25) is 5.02 Å². The zero-order valence-electron chi connectivity index (χ0n) is 15.5. The summed E-state index contributed by atoms with van der Waals surface area (Å²) < 4.78 is 8.91. The summed E-state index contributed by atoms with van der Waals surface area (Å²) in [6.45, 7) is 7.11. The molecule has 1 aliphatic rings. The van der Waals surface area contributed by atoms with Crippen molar-refractivity contribution in [3.05, 3.63) is 60.6 Å². The summed E-state index contributed by atoms with van der Waals surface area (Å²) in [6, 6.07) is 6.80. The Morgan fingerprint density at radius 1 is 1.22 bits per heavy atom. The lowest BCUT2D eigenvalue weighted by Crippen LogP contribution is -2.39. The molecule has 7 heteroatoms. The molecule has 4 rings (SSSR count). The van der Waals surface area contributed by atoms with Gasteiger partial charge in [-0.3, -0.25) is 9.36 Å². The van der Waals surface area contributed by atoms with Crippen LogP contribution in [0.1, 0.15) is 37.6 Å². The van der Waals surface area contributed by atoms with Gasteiger partial charge < -0.3 is 4.74 Å². The summed E-state index contributed by atoms with van der Waals surface area (Å²) >= 11 is 7.49. The summed E-state index contributed by atoms with van der Waals surface area (Å²) in [7, 11) is 0. The van der Waals surface area contributed by atoms with Crippen molar-refractivity contribution in [2.45, 2.75) is 52.4 Å². The van der Waals surface area contributed by atoms with Gasteiger partial charge in [-0.25, -0.2) is 9.36 Å². The molecule has 2 aromatic heterocycles. The van der Waals surface area contributed by atoms with E-state index in [1.54, 1.807) is 28.8 Å². The number of hydrogen-bond acceptors (Lipinski definition) is 4. The van der Waals surface area contributed by atoms with Crippen molar-refractivity contribution in [2.24, 2.45) is 0 Å². The van der Waals surface area contributed by atoms with Crippen LogP contribution in [0.3, 0.4) is 0 Å². The van der Waals surface area contributed by atoms with E-state index in [2.05, 4.69) is 0 Å². The topological polar surface area (TPSA) is 53.2 Å². The predicted octanol–water partition coefficient (Wildman–Crippen LogP) is 4.13. The molecule has 0 unspecified atom stereocenters. The van der Waals surface area contributed by atoms with Gasteiger partial charge in [-0.1, -0.05) is 18.5 Å². The van der Waals surface area contributed by atoms with E-state index in [1.807, 2.05) is 20.8 Å². The van der Waals surface area contributed by atoms with Gasteiger partial charge in [-0.2, -0.15) is 0 Å². The van der Waals surface area contributed by atoms with Gasteiger partial charge in [0.05, 0.1) is 23.3 Å². The average molecular weight is 405 g/mol. The molecular weight excluding hydrogens is 384 g/mol. The van der Waals surface area contributed by atoms with Crippen LogP contribution in [0.25, 0.3) is 15.9 Å². The molecule has 0 atom stereocenters. The first-order valence-electron chi connectivity index (χ1n) is 9.02. The molecule has 1 aliphatic heterocycles. The minimum absolute atomic E-state index is 0.264. The molecule has 0 spiro atoms. The van der Waals surface area contributed by atoms with Gasteiger partial charge in [0.25, 0.3) is 5.56 Å². The Bertz CT molecular complexity index is 1140. The lowest BCUT2D eigenvalue weighted by Gasteiger charge is -2.29. The highest BCUT2D eigenvalue weighted by Gasteiger charge is 2.32. The van der Waals surface area contributed by atoms with Crippen molar-refractivity contribution < 1.29 is 4.74 Å². The van der Waals surface area contributed by atoms with E-state index in [1.165, 1.54) is 15.9 Å². The molecule has 27 heavy (non-hydrogen) atoms. The second-order valence-electron chi connectivity index (χ2n) is 7.46. The third-order valence-corrected chi connectivity index (χ3v) is 6.37. The van der Waals surface area contributed by atoms with Gasteiger partial charge in [0.15, 0.2) is 0 Å². The summed E-state index contributed by atoms with van der Waals surface area (Å²) in [5.74, 6) is 0. The number of rotatable bonds is 3. The molecule has 0 N–H and O–H groups in total. The molecule has 3 aromatic rings. The Hall–Kier alpha value is -1.89. The summed E-state index contributed by atoms with van der Waals surface area (Å²) in [5.41, 5.74) is 0.649. The first-order chi connectivity index (χ1) is 12.8. The Kier molecular flexibility index (Phi) is 4.53. The van der Waals surface area contributed by atoms with Crippen LogP contribution in [0.5, 0.6) is 0 Å². The van der Waals surface area contributed by atoms with Crippen LogP contribution < -0.4 is 11.2 Å². The Morgan fingerprint density at radius 3 is 2.59 bits per heavy atom. The molecule has 0 amide bonds. The van der Waals surface area contributed by atoms with E-state index in [0.29, 0.717) is 35.7 Å². The summed E-state index contributed by atoms with van der Waals surface area (Å²) in [4.78, 5) is 28.4. The van der Waals surface area contributed by atoms with E-state index in [9.17, 15) is 9.59 Å². The average Bonchev–Trinajstić information content (AvgIpc) is 2.98. The van der Waals surface area contributed by atoms with Crippen LogP contribution in [0, 0.1) is 0 Å². The fraction of sp³-hybridized carbons (Fsp3) is 0.400. The molecule has 5 nitrogen and oxygen atoms in total. The molecule has 0 bridgehead atoms. The minimum atomic E-state index is -0.329. The number of hydrogen-bond donors (Lipinski definition) is 0. The summed E-state index contributed by atoms with van der Waals surface area (Å²) in [6.07, 6.45) is 1.46. The van der Waals surface area contributed by atoms with Crippen molar-refractivity contribution in [1.82, 2.24) is 9.13 Å². The molecule has 0 fully saturated rings. The molecular formula is C20H21ClN2O3S. The monoisotopic (exact) mass is 404 g/mol. The Morgan fingerprint density at radius 2 is 1.93 bits per heavy atom. The van der Waals surface area contributed by atoms with E-state index in [-0.39, 0.29) is 16.9 Å². The van der Waals surface area contributed by atoms with Crippen LogP contribution in [-0.2, 0) is 24.3 Å².